The van der Waals surface area contributed by atoms with Crippen molar-refractivity contribution in [3.05, 3.63) is 0 Å². The number of rotatable bonds is 4. The van der Waals surface area contributed by atoms with Gasteiger partial charge in [-0.2, -0.15) is 0 Å². The topological polar surface area (TPSA) is 19.9 Å². The molecule has 0 aliphatic carbocycles. The lowest BCUT2D eigenvalue weighted by molar-refractivity contribution is -0.116. The molecule has 0 aromatic heterocycles. The van der Waals surface area contributed by atoms with Crippen LogP contribution in [0.3, 0.4) is 0 Å². The molecule has 0 aromatic carbocycles. The summed E-state index contributed by atoms with van der Waals surface area (Å²) in [7, 11) is 0. The zero-order chi connectivity index (χ0) is 9.94. The molecular formula is C11H23O. The van der Waals surface area contributed by atoms with Gasteiger partial charge < -0.3 is 0 Å². The van der Waals surface area contributed by atoms with Crippen LogP contribution in [0.5, 0.6) is 0 Å². The maximum Gasteiger partial charge on any atom is 0.108 e. The van der Waals surface area contributed by atoms with E-state index in [9.17, 15) is 5.11 Å². The van der Waals surface area contributed by atoms with E-state index < -0.39 is 5.60 Å². The Morgan fingerprint density at radius 2 is 1.25 bits per heavy atom. The molecule has 1 nitrogen and oxygen atoms in total. The lowest BCUT2D eigenvalue weighted by atomic mass is 9.75. The van der Waals surface area contributed by atoms with Crippen molar-refractivity contribution in [2.45, 2.75) is 53.6 Å². The number of hydrogen-bond donors (Lipinski definition) is 0. The minimum absolute atomic E-state index is 0.236. The normalized spacial score (nSPS) is 13.5. The fourth-order valence-electron chi connectivity index (χ4n) is 1.78. The smallest absolute Gasteiger partial charge is 0.108 e. The zero-order valence-corrected chi connectivity index (χ0v) is 9.35. The zero-order valence-electron chi connectivity index (χ0n) is 9.35. The Labute approximate surface area is 77.2 Å². The molecule has 0 atom stereocenters. The van der Waals surface area contributed by atoms with Crippen LogP contribution in [0.15, 0.2) is 0 Å². The molecule has 0 fully saturated rings. The van der Waals surface area contributed by atoms with E-state index in [0.717, 1.165) is 6.42 Å². The predicted molar refractivity (Wildman–Crippen MR) is 52.5 cm³/mol. The van der Waals surface area contributed by atoms with Crippen molar-refractivity contribution in [3.63, 3.8) is 0 Å². The lowest BCUT2D eigenvalue weighted by Gasteiger charge is -2.35. The molecule has 0 aliphatic heterocycles. The highest BCUT2D eigenvalue weighted by atomic mass is 16.3. The second kappa shape index (κ2) is 4.27. The van der Waals surface area contributed by atoms with Gasteiger partial charge >= 0.3 is 0 Å². The van der Waals surface area contributed by atoms with Gasteiger partial charge in [-0.3, -0.25) is 0 Å². The summed E-state index contributed by atoms with van der Waals surface area (Å²) in [6, 6.07) is 0. The lowest BCUT2D eigenvalue weighted by Crippen LogP contribution is -2.40. The molecule has 73 valence electrons. The van der Waals surface area contributed by atoms with Crippen LogP contribution < -0.4 is 0 Å². The maximum atomic E-state index is 12.3. The van der Waals surface area contributed by atoms with Crippen LogP contribution in [0.2, 0.25) is 0 Å². The van der Waals surface area contributed by atoms with Gasteiger partial charge in [-0.25, -0.2) is 5.11 Å². The van der Waals surface area contributed by atoms with Gasteiger partial charge in [0.25, 0.3) is 0 Å². The van der Waals surface area contributed by atoms with Gasteiger partial charge in [-0.05, 0) is 24.2 Å². The molecule has 0 rings (SSSR count). The van der Waals surface area contributed by atoms with E-state index >= 15 is 0 Å². The second-order valence-electron chi connectivity index (χ2n) is 4.86. The third-order valence-electron chi connectivity index (χ3n) is 2.68. The number of hydrogen-bond acceptors (Lipinski definition) is 0. The van der Waals surface area contributed by atoms with Gasteiger partial charge in [-0.15, -0.1) is 0 Å². The molecule has 0 aromatic rings. The molecule has 0 heterocycles. The summed E-state index contributed by atoms with van der Waals surface area (Å²) in [6.07, 6.45) is 0.794. The van der Waals surface area contributed by atoms with E-state index in [-0.39, 0.29) is 11.8 Å². The van der Waals surface area contributed by atoms with Crippen LogP contribution >= 0.6 is 0 Å². The summed E-state index contributed by atoms with van der Waals surface area (Å²) in [6.45, 7) is 12.4. The van der Waals surface area contributed by atoms with Crippen molar-refractivity contribution in [2.24, 2.45) is 17.8 Å². The largest absolute Gasteiger partial charge is 0.229 e. The molecule has 0 saturated carbocycles. The molecule has 1 heteroatoms. The van der Waals surface area contributed by atoms with Crippen molar-refractivity contribution < 1.29 is 5.11 Å². The molecule has 0 bridgehead atoms. The van der Waals surface area contributed by atoms with Crippen LogP contribution in [0, 0.1) is 17.8 Å². The van der Waals surface area contributed by atoms with E-state index in [1.807, 2.05) is 27.7 Å². The van der Waals surface area contributed by atoms with Crippen LogP contribution in [0.1, 0.15) is 48.0 Å². The highest BCUT2D eigenvalue weighted by Crippen LogP contribution is 2.33. The molecular weight excluding hydrogens is 148 g/mol. The van der Waals surface area contributed by atoms with Gasteiger partial charge in [0, 0.05) is 0 Å². The first kappa shape index (κ1) is 12.0. The van der Waals surface area contributed by atoms with Gasteiger partial charge in [0.2, 0.25) is 0 Å². The highest BCUT2D eigenvalue weighted by molar-refractivity contribution is 4.85. The first-order valence-corrected chi connectivity index (χ1v) is 5.01. The average molecular weight is 171 g/mol. The Kier molecular flexibility index (Phi) is 4.25. The van der Waals surface area contributed by atoms with Crippen molar-refractivity contribution in [2.75, 3.05) is 0 Å². The van der Waals surface area contributed by atoms with Crippen molar-refractivity contribution in [1.29, 1.82) is 0 Å². The summed E-state index contributed by atoms with van der Waals surface area (Å²) in [4.78, 5) is 0. The average Bonchev–Trinajstić information content (AvgIpc) is 1.84. The van der Waals surface area contributed by atoms with Crippen LogP contribution in [-0.4, -0.2) is 5.60 Å². The van der Waals surface area contributed by atoms with Crippen LogP contribution in [-0.2, 0) is 5.11 Å². The van der Waals surface area contributed by atoms with E-state index in [1.54, 1.807) is 0 Å². The van der Waals surface area contributed by atoms with Gasteiger partial charge in [0.15, 0.2) is 0 Å². The summed E-state index contributed by atoms with van der Waals surface area (Å²) < 4.78 is 0. The van der Waals surface area contributed by atoms with Crippen LogP contribution in [0.4, 0.5) is 0 Å². The quantitative estimate of drug-likeness (QED) is 0.617. The summed E-state index contributed by atoms with van der Waals surface area (Å²) in [5.41, 5.74) is -0.728. The van der Waals surface area contributed by atoms with E-state index in [1.165, 1.54) is 0 Å². The SMILES string of the molecule is CC(C)CC([O])(C(C)C)C(C)C. The fourth-order valence-corrected chi connectivity index (χ4v) is 1.78. The maximum absolute atomic E-state index is 12.3. The Hall–Kier alpha value is -0.0400. The highest BCUT2D eigenvalue weighted by Gasteiger charge is 2.37. The fraction of sp³-hybridized carbons (Fsp3) is 1.00. The molecule has 12 heavy (non-hydrogen) atoms. The molecule has 0 spiro atoms. The second-order valence-corrected chi connectivity index (χ2v) is 4.86. The molecule has 1 radical (unpaired) electrons. The van der Waals surface area contributed by atoms with E-state index in [4.69, 9.17) is 0 Å². The minimum atomic E-state index is -0.728. The van der Waals surface area contributed by atoms with E-state index in [2.05, 4.69) is 13.8 Å². The Morgan fingerprint density at radius 1 is 0.917 bits per heavy atom. The summed E-state index contributed by atoms with van der Waals surface area (Å²) in [5, 5.41) is 12.3. The van der Waals surface area contributed by atoms with Crippen molar-refractivity contribution in [3.8, 4) is 0 Å². The minimum Gasteiger partial charge on any atom is -0.229 e. The van der Waals surface area contributed by atoms with Crippen molar-refractivity contribution >= 4 is 0 Å². The van der Waals surface area contributed by atoms with E-state index in [0.29, 0.717) is 5.92 Å². The molecule has 0 N–H and O–H groups in total. The van der Waals surface area contributed by atoms with Gasteiger partial charge in [0.1, 0.15) is 5.60 Å². The predicted octanol–water partition coefficient (Wildman–Crippen LogP) is 3.51. The van der Waals surface area contributed by atoms with Crippen molar-refractivity contribution in [1.82, 2.24) is 0 Å². The third kappa shape index (κ3) is 2.78. The first-order chi connectivity index (χ1) is 5.30. The molecule has 0 amide bonds. The standard InChI is InChI=1S/C11H23O/c1-8(2)7-11(12,9(3)4)10(5)6/h8-10H,7H2,1-6H3. The Balaban J connectivity index is 4.40. The first-order valence-electron chi connectivity index (χ1n) is 5.01. The van der Waals surface area contributed by atoms with Crippen LogP contribution in [0.25, 0.3) is 0 Å². The summed E-state index contributed by atoms with van der Waals surface area (Å²) in [5.74, 6) is 0.979. The Morgan fingerprint density at radius 3 is 1.33 bits per heavy atom. The third-order valence-corrected chi connectivity index (χ3v) is 2.68. The molecule has 0 unspecified atom stereocenters. The Bertz CT molecular complexity index is 117. The monoisotopic (exact) mass is 171 g/mol. The summed E-state index contributed by atoms with van der Waals surface area (Å²) >= 11 is 0. The molecule has 0 saturated heterocycles. The molecule has 0 aliphatic rings. The van der Waals surface area contributed by atoms with Gasteiger partial charge in [0.05, 0.1) is 0 Å². The van der Waals surface area contributed by atoms with Gasteiger partial charge in [-0.1, -0.05) is 41.5 Å².